The number of benzene rings is 1. The summed E-state index contributed by atoms with van der Waals surface area (Å²) in [5, 5.41) is 16.8. The van der Waals surface area contributed by atoms with E-state index in [1.165, 1.54) is 0 Å². The molecule has 0 bridgehead atoms. The summed E-state index contributed by atoms with van der Waals surface area (Å²) in [6.45, 7) is 11.6. The quantitative estimate of drug-likeness (QED) is 0.503. The molecular weight excluding hydrogens is 492 g/mol. The minimum Gasteiger partial charge on any atom is -0.473 e. The Hall–Kier alpha value is -2.31. The molecule has 1 aliphatic heterocycles. The lowest BCUT2D eigenvalue weighted by atomic mass is 9.87. The number of aliphatic carboxylic acids is 2. The van der Waals surface area contributed by atoms with Gasteiger partial charge in [0.25, 0.3) is 0 Å². The van der Waals surface area contributed by atoms with Crippen molar-refractivity contribution in [1.29, 1.82) is 0 Å². The number of morpholine rings is 1. The van der Waals surface area contributed by atoms with E-state index >= 15 is 0 Å². The van der Waals surface area contributed by atoms with E-state index in [1.54, 1.807) is 27.8 Å². The second-order valence-corrected chi connectivity index (χ2v) is 12.1. The molecule has 1 saturated heterocycles. The van der Waals surface area contributed by atoms with Crippen molar-refractivity contribution in [2.45, 2.75) is 44.0 Å². The molecule has 1 aliphatic rings. The number of carboxylic acid groups (broad SMARTS) is 2. The topological polar surface area (TPSA) is 124 Å². The van der Waals surface area contributed by atoms with E-state index in [9.17, 15) is 8.42 Å². The Morgan fingerprint density at radius 3 is 2.14 bits per heavy atom. The number of hydrogen-bond donors (Lipinski definition) is 2. The van der Waals surface area contributed by atoms with Gasteiger partial charge in [0.15, 0.2) is 0 Å². The van der Waals surface area contributed by atoms with Crippen LogP contribution in [-0.4, -0.2) is 79.2 Å². The van der Waals surface area contributed by atoms with E-state index in [0.29, 0.717) is 18.0 Å². The number of sulfonamides is 1. The first-order valence-corrected chi connectivity index (χ1v) is 13.6. The maximum absolute atomic E-state index is 13.4. The van der Waals surface area contributed by atoms with Gasteiger partial charge in [-0.2, -0.15) is 4.31 Å². The molecule has 0 spiro atoms. The number of carboxylic acids is 2. The molecule has 35 heavy (non-hydrogen) atoms. The van der Waals surface area contributed by atoms with Gasteiger partial charge in [-0.1, -0.05) is 39.0 Å². The maximum Gasteiger partial charge on any atom is 0.414 e. The van der Waals surface area contributed by atoms with E-state index in [4.69, 9.17) is 24.5 Å². The molecule has 0 unspecified atom stereocenters. The fourth-order valence-electron chi connectivity index (χ4n) is 3.43. The Morgan fingerprint density at radius 2 is 1.66 bits per heavy atom. The molecule has 11 heteroatoms. The lowest BCUT2D eigenvalue weighted by Gasteiger charge is -2.28. The summed E-state index contributed by atoms with van der Waals surface area (Å²) in [4.78, 5) is 22.0. The molecule has 2 heterocycles. The standard InChI is InChI=1S/C22H32N2O3S2.C2H2O4/c1-22(2,3)19-7-9-21(10-8-19)29(25,26)24(18-20-6-4-17-28-20)12-5-11-23-13-15-27-16-14-23;3-1(4)2(5)6/h4,6-10,17H,5,11-16,18H2,1-3H3;(H,3,4)(H,5,6). The molecule has 2 aromatic rings. The van der Waals surface area contributed by atoms with Crippen LogP contribution in [0.2, 0.25) is 0 Å². The summed E-state index contributed by atoms with van der Waals surface area (Å²) in [5.41, 5.74) is 1.13. The van der Waals surface area contributed by atoms with Crippen LogP contribution in [0.25, 0.3) is 0 Å². The first kappa shape index (κ1) is 28.9. The number of nitrogens with zero attached hydrogens (tertiary/aromatic N) is 2. The van der Waals surface area contributed by atoms with Crippen LogP contribution in [-0.2, 0) is 36.3 Å². The van der Waals surface area contributed by atoms with Gasteiger partial charge in [-0.25, -0.2) is 18.0 Å². The van der Waals surface area contributed by atoms with E-state index in [-0.39, 0.29) is 5.41 Å². The molecule has 1 aromatic carbocycles. The summed E-state index contributed by atoms with van der Waals surface area (Å²) in [6, 6.07) is 11.3. The highest BCUT2D eigenvalue weighted by Gasteiger charge is 2.26. The predicted molar refractivity (Wildman–Crippen MR) is 134 cm³/mol. The Kier molecular flexibility index (Phi) is 10.8. The van der Waals surface area contributed by atoms with Gasteiger partial charge < -0.3 is 14.9 Å². The molecule has 9 nitrogen and oxygen atoms in total. The lowest BCUT2D eigenvalue weighted by molar-refractivity contribution is -0.159. The Morgan fingerprint density at radius 1 is 1.06 bits per heavy atom. The van der Waals surface area contributed by atoms with Crippen LogP contribution in [0.4, 0.5) is 0 Å². The van der Waals surface area contributed by atoms with E-state index in [1.807, 2.05) is 29.6 Å². The van der Waals surface area contributed by atoms with Crippen molar-refractivity contribution in [3.63, 3.8) is 0 Å². The predicted octanol–water partition coefficient (Wildman–Crippen LogP) is 3.11. The van der Waals surface area contributed by atoms with Gasteiger partial charge in [-0.15, -0.1) is 11.3 Å². The number of ether oxygens (including phenoxy) is 1. The van der Waals surface area contributed by atoms with Crippen molar-refractivity contribution in [3.8, 4) is 0 Å². The molecule has 0 aliphatic carbocycles. The molecule has 194 valence electrons. The molecule has 0 atom stereocenters. The van der Waals surface area contributed by atoms with E-state index in [0.717, 1.165) is 49.7 Å². The SMILES string of the molecule is CC(C)(C)c1ccc(S(=O)(=O)N(CCCN2CCOCC2)Cc2cccs2)cc1.O=C(O)C(=O)O. The molecule has 0 saturated carbocycles. The third kappa shape index (κ3) is 9.34. The van der Waals surface area contributed by atoms with Crippen LogP contribution < -0.4 is 0 Å². The van der Waals surface area contributed by atoms with Gasteiger partial charge in [-0.05, 0) is 47.5 Å². The van der Waals surface area contributed by atoms with Gasteiger partial charge in [-0.3, -0.25) is 4.90 Å². The first-order valence-electron chi connectivity index (χ1n) is 11.3. The Bertz CT molecular complexity index is 1030. The highest BCUT2D eigenvalue weighted by atomic mass is 32.2. The average molecular weight is 527 g/mol. The van der Waals surface area contributed by atoms with Crippen molar-refractivity contribution in [1.82, 2.24) is 9.21 Å². The largest absolute Gasteiger partial charge is 0.473 e. The molecule has 0 radical (unpaired) electrons. The monoisotopic (exact) mass is 526 g/mol. The maximum atomic E-state index is 13.4. The Labute approximate surface area is 211 Å². The van der Waals surface area contributed by atoms with E-state index < -0.39 is 22.0 Å². The van der Waals surface area contributed by atoms with Gasteiger partial charge in [0, 0.05) is 31.1 Å². The molecule has 0 amide bonds. The normalized spacial score (nSPS) is 14.9. The zero-order valence-corrected chi connectivity index (χ0v) is 22.0. The third-order valence-corrected chi connectivity index (χ3v) is 8.16. The zero-order valence-electron chi connectivity index (χ0n) is 20.3. The number of rotatable bonds is 8. The fraction of sp³-hybridized carbons (Fsp3) is 0.500. The zero-order chi connectivity index (χ0) is 26.1. The highest BCUT2D eigenvalue weighted by molar-refractivity contribution is 7.89. The van der Waals surface area contributed by atoms with Crippen LogP contribution in [0.1, 0.15) is 37.6 Å². The van der Waals surface area contributed by atoms with Crippen LogP contribution in [0.15, 0.2) is 46.7 Å². The number of hydrogen-bond acceptors (Lipinski definition) is 7. The van der Waals surface area contributed by atoms with Gasteiger partial charge >= 0.3 is 11.9 Å². The Balaban J connectivity index is 0.000000641. The van der Waals surface area contributed by atoms with Crippen LogP contribution in [0, 0.1) is 0 Å². The highest BCUT2D eigenvalue weighted by Crippen LogP contribution is 2.26. The summed E-state index contributed by atoms with van der Waals surface area (Å²) < 4.78 is 33.8. The summed E-state index contributed by atoms with van der Waals surface area (Å²) in [7, 11) is -3.55. The van der Waals surface area contributed by atoms with E-state index in [2.05, 4.69) is 25.7 Å². The third-order valence-electron chi connectivity index (χ3n) is 5.44. The molecular formula is C24H34N2O7S2. The summed E-state index contributed by atoms with van der Waals surface area (Å²) >= 11 is 1.60. The molecule has 3 rings (SSSR count). The smallest absolute Gasteiger partial charge is 0.414 e. The van der Waals surface area contributed by atoms with Crippen molar-refractivity contribution >= 4 is 33.3 Å². The van der Waals surface area contributed by atoms with Crippen LogP contribution >= 0.6 is 11.3 Å². The van der Waals surface area contributed by atoms with Crippen molar-refractivity contribution in [3.05, 3.63) is 52.2 Å². The molecule has 2 N–H and O–H groups in total. The second kappa shape index (κ2) is 13.1. The van der Waals surface area contributed by atoms with Gasteiger partial charge in [0.2, 0.25) is 10.0 Å². The van der Waals surface area contributed by atoms with Crippen molar-refractivity contribution in [2.75, 3.05) is 39.4 Å². The van der Waals surface area contributed by atoms with Crippen molar-refractivity contribution < 1.29 is 33.0 Å². The van der Waals surface area contributed by atoms with Crippen LogP contribution in [0.3, 0.4) is 0 Å². The first-order chi connectivity index (χ1) is 16.4. The summed E-state index contributed by atoms with van der Waals surface area (Å²) in [6.07, 6.45) is 0.810. The minimum atomic E-state index is -3.55. The number of carbonyl (C=O) groups is 2. The fourth-order valence-corrected chi connectivity index (χ4v) is 5.69. The lowest BCUT2D eigenvalue weighted by Crippen LogP contribution is -2.39. The number of thiophene rings is 1. The van der Waals surface area contributed by atoms with Crippen molar-refractivity contribution in [2.24, 2.45) is 0 Å². The average Bonchev–Trinajstić information content (AvgIpc) is 3.32. The second-order valence-electron chi connectivity index (χ2n) is 9.11. The molecule has 1 fully saturated rings. The minimum absolute atomic E-state index is 0.00287. The summed E-state index contributed by atoms with van der Waals surface area (Å²) in [5.74, 6) is -3.65. The van der Waals surface area contributed by atoms with Gasteiger partial charge in [0.1, 0.15) is 0 Å². The molecule has 1 aromatic heterocycles. The van der Waals surface area contributed by atoms with Gasteiger partial charge in [0.05, 0.1) is 18.1 Å². The van der Waals surface area contributed by atoms with Crippen LogP contribution in [0.5, 0.6) is 0 Å².